The van der Waals surface area contributed by atoms with E-state index in [2.05, 4.69) is 4.98 Å². The van der Waals surface area contributed by atoms with Gasteiger partial charge in [-0.2, -0.15) is 0 Å². The van der Waals surface area contributed by atoms with Crippen LogP contribution in [0.1, 0.15) is 5.56 Å². The number of aromatic nitrogens is 2. The van der Waals surface area contributed by atoms with E-state index in [-0.39, 0.29) is 16.2 Å². The fourth-order valence-corrected chi connectivity index (χ4v) is 2.63. The van der Waals surface area contributed by atoms with Crippen LogP contribution in [0.5, 0.6) is 0 Å². The second-order valence-electron chi connectivity index (χ2n) is 4.56. The number of fused-ring (bicyclic) bond motifs is 1. The highest BCUT2D eigenvalue weighted by atomic mass is 35.5. The number of benzene rings is 2. The first-order chi connectivity index (χ1) is 10.0. The quantitative estimate of drug-likeness (QED) is 0.631. The molecule has 6 heteroatoms. The van der Waals surface area contributed by atoms with Crippen molar-refractivity contribution in [3.05, 3.63) is 68.4 Å². The third-order valence-electron chi connectivity index (χ3n) is 3.22. The average Bonchev–Trinajstić information content (AvgIpc) is 2.44. The van der Waals surface area contributed by atoms with E-state index < -0.39 is 11.4 Å². The van der Waals surface area contributed by atoms with Crippen molar-refractivity contribution in [1.29, 1.82) is 0 Å². The molecule has 0 saturated carbocycles. The van der Waals surface area contributed by atoms with Gasteiger partial charge in [-0.05, 0) is 42.3 Å². The van der Waals surface area contributed by atoms with E-state index in [1.807, 2.05) is 0 Å². The molecule has 0 atom stereocenters. The summed E-state index contributed by atoms with van der Waals surface area (Å²) in [5, 5.41) is 0.166. The number of halogens is 3. The lowest BCUT2D eigenvalue weighted by Gasteiger charge is -2.11. The van der Waals surface area contributed by atoms with E-state index in [1.54, 1.807) is 43.3 Å². The molecule has 0 aliphatic heterocycles. The van der Waals surface area contributed by atoms with E-state index in [0.717, 1.165) is 4.57 Å². The van der Waals surface area contributed by atoms with Gasteiger partial charge in [0, 0.05) is 0 Å². The van der Waals surface area contributed by atoms with Gasteiger partial charge in [0.25, 0.3) is 5.56 Å². The molecule has 0 aliphatic carbocycles. The third kappa shape index (κ3) is 2.20. The van der Waals surface area contributed by atoms with Crippen LogP contribution in [0, 0.1) is 12.7 Å². The number of hydrogen-bond acceptors (Lipinski definition) is 2. The van der Waals surface area contributed by atoms with Gasteiger partial charge in [-0.15, -0.1) is 0 Å². The summed E-state index contributed by atoms with van der Waals surface area (Å²) in [5.74, 6) is -0.595. The van der Waals surface area contributed by atoms with E-state index in [4.69, 9.17) is 23.2 Å². The first-order valence-corrected chi connectivity index (χ1v) is 6.88. The molecule has 3 rings (SSSR count). The van der Waals surface area contributed by atoms with Crippen molar-refractivity contribution in [3.8, 4) is 5.69 Å². The van der Waals surface area contributed by atoms with Crippen LogP contribution in [0.3, 0.4) is 0 Å². The van der Waals surface area contributed by atoms with Crippen molar-refractivity contribution in [2.24, 2.45) is 0 Å². The largest absolute Gasteiger partial charge is 0.269 e. The first kappa shape index (κ1) is 14.0. The van der Waals surface area contributed by atoms with Gasteiger partial charge in [-0.1, -0.05) is 29.8 Å². The first-order valence-electron chi connectivity index (χ1n) is 6.13. The van der Waals surface area contributed by atoms with Crippen LogP contribution in [-0.4, -0.2) is 9.55 Å². The smallest absolute Gasteiger partial charge is 0.268 e. The molecular formula is C15H9Cl2FN2O. The summed E-state index contributed by atoms with van der Waals surface area (Å²) in [6.45, 7) is 1.59. The molecule has 0 bridgehead atoms. The standard InChI is InChI=1S/C15H9Cl2FN2O/c1-8-6-7-10-12(13(8)18)14(21)20(15(17)19-10)11-5-3-2-4-9(11)16/h2-7H,1H3. The Morgan fingerprint density at radius 1 is 1.14 bits per heavy atom. The minimum atomic E-state index is -0.595. The summed E-state index contributed by atoms with van der Waals surface area (Å²) < 4.78 is 15.4. The zero-order valence-electron chi connectivity index (χ0n) is 10.9. The van der Waals surface area contributed by atoms with Crippen LogP contribution < -0.4 is 5.56 Å². The molecular weight excluding hydrogens is 314 g/mol. The number of hydrogen-bond donors (Lipinski definition) is 0. The van der Waals surface area contributed by atoms with Gasteiger partial charge in [0.15, 0.2) is 0 Å². The van der Waals surface area contributed by atoms with Crippen LogP contribution in [-0.2, 0) is 0 Å². The lowest BCUT2D eigenvalue weighted by atomic mass is 10.1. The van der Waals surface area contributed by atoms with Gasteiger partial charge < -0.3 is 0 Å². The maximum Gasteiger partial charge on any atom is 0.269 e. The average molecular weight is 323 g/mol. The Hall–Kier alpha value is -1.91. The van der Waals surface area contributed by atoms with Gasteiger partial charge in [0.2, 0.25) is 5.28 Å². The zero-order valence-corrected chi connectivity index (χ0v) is 12.4. The lowest BCUT2D eigenvalue weighted by molar-refractivity contribution is 0.628. The fourth-order valence-electron chi connectivity index (χ4n) is 2.15. The van der Waals surface area contributed by atoms with Crippen molar-refractivity contribution in [3.63, 3.8) is 0 Å². The molecule has 0 spiro atoms. The highest BCUT2D eigenvalue weighted by Gasteiger charge is 2.17. The van der Waals surface area contributed by atoms with Crippen LogP contribution in [0.15, 0.2) is 41.2 Å². The highest BCUT2D eigenvalue weighted by Crippen LogP contribution is 2.24. The maximum atomic E-state index is 14.3. The van der Waals surface area contributed by atoms with Crippen molar-refractivity contribution >= 4 is 34.1 Å². The highest BCUT2D eigenvalue weighted by molar-refractivity contribution is 6.33. The second kappa shape index (κ2) is 5.13. The van der Waals surface area contributed by atoms with Gasteiger partial charge in [0.1, 0.15) is 11.2 Å². The summed E-state index contributed by atoms with van der Waals surface area (Å²) >= 11 is 12.2. The van der Waals surface area contributed by atoms with Gasteiger partial charge in [-0.3, -0.25) is 4.79 Å². The SMILES string of the molecule is Cc1ccc2nc(Cl)n(-c3ccccc3Cl)c(=O)c2c1F. The predicted molar refractivity (Wildman–Crippen MR) is 82.1 cm³/mol. The van der Waals surface area contributed by atoms with E-state index >= 15 is 0 Å². The van der Waals surface area contributed by atoms with Crippen LogP contribution in [0.2, 0.25) is 10.3 Å². The number of nitrogens with zero attached hydrogens (tertiary/aromatic N) is 2. The molecule has 0 N–H and O–H groups in total. The molecule has 21 heavy (non-hydrogen) atoms. The second-order valence-corrected chi connectivity index (χ2v) is 5.31. The third-order valence-corrected chi connectivity index (χ3v) is 3.79. The normalized spacial score (nSPS) is 11.0. The molecule has 0 saturated heterocycles. The molecule has 3 aromatic rings. The Bertz CT molecular complexity index is 921. The Balaban J connectivity index is 2.48. The molecule has 2 aromatic carbocycles. The Labute approximate surface area is 129 Å². The van der Waals surface area contributed by atoms with Crippen LogP contribution in [0.25, 0.3) is 16.6 Å². The molecule has 0 amide bonds. The number of para-hydroxylation sites is 1. The van der Waals surface area contributed by atoms with E-state index in [1.165, 1.54) is 0 Å². The summed E-state index contributed by atoms with van der Waals surface area (Å²) in [7, 11) is 0. The Morgan fingerprint density at radius 3 is 2.57 bits per heavy atom. The topological polar surface area (TPSA) is 34.9 Å². The van der Waals surface area contributed by atoms with E-state index in [0.29, 0.717) is 16.3 Å². The Morgan fingerprint density at radius 2 is 1.86 bits per heavy atom. The molecule has 0 unspecified atom stereocenters. The monoisotopic (exact) mass is 322 g/mol. The molecule has 106 valence electrons. The molecule has 0 radical (unpaired) electrons. The zero-order chi connectivity index (χ0) is 15.1. The number of aryl methyl sites for hydroxylation is 1. The fraction of sp³-hybridized carbons (Fsp3) is 0.0667. The maximum absolute atomic E-state index is 14.3. The predicted octanol–water partition coefficient (Wildman–Crippen LogP) is 4.14. The number of rotatable bonds is 1. The van der Waals surface area contributed by atoms with Gasteiger partial charge in [0.05, 0.1) is 16.2 Å². The molecule has 1 heterocycles. The molecule has 1 aromatic heterocycles. The summed E-state index contributed by atoms with van der Waals surface area (Å²) in [5.41, 5.74) is 0.370. The van der Waals surface area contributed by atoms with Crippen molar-refractivity contribution in [2.45, 2.75) is 6.92 Å². The minimum Gasteiger partial charge on any atom is -0.268 e. The van der Waals surface area contributed by atoms with Crippen LogP contribution >= 0.6 is 23.2 Å². The van der Waals surface area contributed by atoms with Crippen molar-refractivity contribution in [2.75, 3.05) is 0 Å². The van der Waals surface area contributed by atoms with Gasteiger partial charge >= 0.3 is 0 Å². The summed E-state index contributed by atoms with van der Waals surface area (Å²) in [6.07, 6.45) is 0. The molecule has 0 fully saturated rings. The van der Waals surface area contributed by atoms with Gasteiger partial charge in [-0.25, -0.2) is 13.9 Å². The van der Waals surface area contributed by atoms with Crippen molar-refractivity contribution in [1.82, 2.24) is 9.55 Å². The van der Waals surface area contributed by atoms with Crippen LogP contribution in [0.4, 0.5) is 4.39 Å². The Kier molecular flexibility index (Phi) is 3.43. The van der Waals surface area contributed by atoms with E-state index in [9.17, 15) is 9.18 Å². The molecule has 0 aliphatic rings. The summed E-state index contributed by atoms with van der Waals surface area (Å²) in [6, 6.07) is 9.80. The molecule has 3 nitrogen and oxygen atoms in total. The minimum absolute atomic E-state index is 0.0659. The summed E-state index contributed by atoms with van der Waals surface area (Å²) in [4.78, 5) is 16.7. The lowest BCUT2D eigenvalue weighted by Crippen LogP contribution is -2.22. The van der Waals surface area contributed by atoms with Crippen molar-refractivity contribution < 1.29 is 4.39 Å².